The molecule has 2 aromatic rings. The smallest absolute Gasteiger partial charge is 0.0522 e. The van der Waals surface area contributed by atoms with Gasteiger partial charge < -0.3 is 5.73 Å². The molecule has 1 heterocycles. The van der Waals surface area contributed by atoms with Crippen molar-refractivity contribution in [1.29, 1.82) is 0 Å². The van der Waals surface area contributed by atoms with Crippen molar-refractivity contribution in [3.05, 3.63) is 44.2 Å². The molecule has 0 aliphatic carbocycles. The van der Waals surface area contributed by atoms with Gasteiger partial charge in [0.05, 0.1) is 10.0 Å². The minimum Gasteiger partial charge on any atom is -0.324 e. The first-order valence-electron chi connectivity index (χ1n) is 4.99. The fourth-order valence-electron chi connectivity index (χ4n) is 1.51. The molecule has 2 rings (SSSR count). The lowest BCUT2D eigenvalue weighted by atomic mass is 10.2. The molecular formula is C12H10Cl3NS. The lowest BCUT2D eigenvalue weighted by Gasteiger charge is -2.05. The maximum absolute atomic E-state index is 6.16. The van der Waals surface area contributed by atoms with Crippen molar-refractivity contribution in [3.8, 4) is 10.4 Å². The Morgan fingerprint density at radius 1 is 1.12 bits per heavy atom. The van der Waals surface area contributed by atoms with Gasteiger partial charge in [0.1, 0.15) is 0 Å². The molecule has 5 heteroatoms. The van der Waals surface area contributed by atoms with Gasteiger partial charge in [-0.15, -0.1) is 11.3 Å². The van der Waals surface area contributed by atoms with Crippen LogP contribution in [-0.4, -0.2) is 0 Å². The van der Waals surface area contributed by atoms with E-state index in [0.717, 1.165) is 15.3 Å². The summed E-state index contributed by atoms with van der Waals surface area (Å²) in [6.45, 7) is 1.95. The summed E-state index contributed by atoms with van der Waals surface area (Å²) in [5.41, 5.74) is 6.64. The Morgan fingerprint density at radius 2 is 1.71 bits per heavy atom. The van der Waals surface area contributed by atoms with Crippen molar-refractivity contribution < 1.29 is 0 Å². The Bertz CT molecular complexity index is 525. The third-order valence-electron chi connectivity index (χ3n) is 2.33. The van der Waals surface area contributed by atoms with Crippen LogP contribution in [0, 0.1) is 0 Å². The number of benzene rings is 1. The highest BCUT2D eigenvalue weighted by Gasteiger charge is 2.13. The Labute approximate surface area is 119 Å². The normalized spacial score (nSPS) is 12.8. The van der Waals surface area contributed by atoms with Crippen molar-refractivity contribution in [2.45, 2.75) is 13.0 Å². The Hall–Kier alpha value is -0.250. The standard InChI is InChI=1S/C12H10Cl3NS/c1-6(16)10-2-3-11(17-10)12-8(14)4-7(13)5-9(12)15/h2-6H,16H2,1H3. The monoisotopic (exact) mass is 305 g/mol. The van der Waals surface area contributed by atoms with Crippen LogP contribution >= 0.6 is 46.1 Å². The minimum atomic E-state index is 0.0126. The van der Waals surface area contributed by atoms with Crippen molar-refractivity contribution in [2.75, 3.05) is 0 Å². The third kappa shape index (κ3) is 2.78. The number of hydrogen-bond donors (Lipinski definition) is 1. The summed E-state index contributed by atoms with van der Waals surface area (Å²) in [4.78, 5) is 2.10. The molecular weight excluding hydrogens is 297 g/mol. The maximum Gasteiger partial charge on any atom is 0.0522 e. The first kappa shape index (κ1) is 13.2. The Kier molecular flexibility index (Phi) is 4.01. The highest BCUT2D eigenvalue weighted by Crippen LogP contribution is 2.41. The second-order valence-corrected chi connectivity index (χ2v) is 6.10. The van der Waals surface area contributed by atoms with E-state index >= 15 is 0 Å². The van der Waals surface area contributed by atoms with Gasteiger partial charge in [-0.3, -0.25) is 0 Å². The van der Waals surface area contributed by atoms with Crippen LogP contribution in [0.15, 0.2) is 24.3 Å². The van der Waals surface area contributed by atoms with Gasteiger partial charge in [0.25, 0.3) is 0 Å². The fourth-order valence-corrected chi connectivity index (χ4v) is 3.68. The van der Waals surface area contributed by atoms with E-state index in [4.69, 9.17) is 40.5 Å². The van der Waals surface area contributed by atoms with Crippen molar-refractivity contribution in [3.63, 3.8) is 0 Å². The highest BCUT2D eigenvalue weighted by atomic mass is 35.5. The third-order valence-corrected chi connectivity index (χ3v) is 4.45. The molecule has 0 aliphatic heterocycles. The van der Waals surface area contributed by atoms with E-state index in [9.17, 15) is 0 Å². The first-order valence-corrected chi connectivity index (χ1v) is 6.94. The van der Waals surface area contributed by atoms with E-state index < -0.39 is 0 Å². The average molecular weight is 307 g/mol. The van der Waals surface area contributed by atoms with Crippen LogP contribution < -0.4 is 5.73 Å². The number of thiophene rings is 1. The summed E-state index contributed by atoms with van der Waals surface area (Å²) in [7, 11) is 0. The predicted molar refractivity (Wildman–Crippen MR) is 77.4 cm³/mol. The van der Waals surface area contributed by atoms with Crippen molar-refractivity contribution >= 4 is 46.1 Å². The zero-order valence-electron chi connectivity index (χ0n) is 9.01. The van der Waals surface area contributed by atoms with Crippen LogP contribution in [0.5, 0.6) is 0 Å². The van der Waals surface area contributed by atoms with Crippen LogP contribution in [0.3, 0.4) is 0 Å². The quantitative estimate of drug-likeness (QED) is 0.790. The summed E-state index contributed by atoms with van der Waals surface area (Å²) < 4.78 is 0. The molecule has 0 saturated heterocycles. The second kappa shape index (κ2) is 5.17. The summed E-state index contributed by atoms with van der Waals surface area (Å²) in [6.07, 6.45) is 0. The molecule has 0 saturated carbocycles. The van der Waals surface area contributed by atoms with Crippen LogP contribution in [0.2, 0.25) is 15.1 Å². The molecule has 0 fully saturated rings. The second-order valence-electron chi connectivity index (χ2n) is 3.74. The number of nitrogens with two attached hydrogens (primary N) is 1. The molecule has 1 aromatic heterocycles. The molecule has 1 aromatic carbocycles. The van der Waals surface area contributed by atoms with Crippen LogP contribution in [0.25, 0.3) is 10.4 Å². The SMILES string of the molecule is CC(N)c1ccc(-c2c(Cl)cc(Cl)cc2Cl)s1. The molecule has 0 amide bonds. The van der Waals surface area contributed by atoms with E-state index in [1.54, 1.807) is 23.5 Å². The molecule has 0 spiro atoms. The largest absolute Gasteiger partial charge is 0.324 e. The van der Waals surface area contributed by atoms with Crippen LogP contribution in [0.1, 0.15) is 17.8 Å². The van der Waals surface area contributed by atoms with E-state index in [0.29, 0.717) is 15.1 Å². The fraction of sp³-hybridized carbons (Fsp3) is 0.167. The summed E-state index contributed by atoms with van der Waals surface area (Å²) in [5, 5.41) is 1.65. The summed E-state index contributed by atoms with van der Waals surface area (Å²) in [5.74, 6) is 0. The van der Waals surface area contributed by atoms with Gasteiger partial charge in [-0.25, -0.2) is 0 Å². The molecule has 1 atom stereocenters. The highest BCUT2D eigenvalue weighted by molar-refractivity contribution is 7.15. The Morgan fingerprint density at radius 3 is 2.18 bits per heavy atom. The zero-order chi connectivity index (χ0) is 12.6. The molecule has 0 aliphatic rings. The van der Waals surface area contributed by atoms with Crippen molar-refractivity contribution in [2.24, 2.45) is 5.73 Å². The molecule has 90 valence electrons. The molecule has 0 radical (unpaired) electrons. The van der Waals surface area contributed by atoms with Gasteiger partial charge >= 0.3 is 0 Å². The molecule has 0 bridgehead atoms. The van der Waals surface area contributed by atoms with E-state index in [1.165, 1.54) is 0 Å². The van der Waals surface area contributed by atoms with Gasteiger partial charge in [-0.1, -0.05) is 34.8 Å². The predicted octanol–water partition coefficient (Wildman–Crippen LogP) is 5.40. The van der Waals surface area contributed by atoms with Crippen molar-refractivity contribution in [1.82, 2.24) is 0 Å². The van der Waals surface area contributed by atoms with Gasteiger partial charge in [-0.2, -0.15) is 0 Å². The van der Waals surface area contributed by atoms with Crippen LogP contribution in [0.4, 0.5) is 0 Å². The summed E-state index contributed by atoms with van der Waals surface area (Å²) >= 11 is 19.8. The molecule has 17 heavy (non-hydrogen) atoms. The van der Waals surface area contributed by atoms with Gasteiger partial charge in [0, 0.05) is 26.4 Å². The zero-order valence-corrected chi connectivity index (χ0v) is 12.1. The molecule has 1 nitrogen and oxygen atoms in total. The van der Waals surface area contributed by atoms with Gasteiger partial charge in [-0.05, 0) is 31.2 Å². The lowest BCUT2D eigenvalue weighted by molar-refractivity contribution is 0.838. The van der Waals surface area contributed by atoms with Gasteiger partial charge in [0.2, 0.25) is 0 Å². The van der Waals surface area contributed by atoms with Crippen LogP contribution in [-0.2, 0) is 0 Å². The number of halogens is 3. The summed E-state index contributed by atoms with van der Waals surface area (Å²) in [6, 6.07) is 7.36. The average Bonchev–Trinajstić information content (AvgIpc) is 2.65. The molecule has 2 N–H and O–H groups in total. The first-order chi connectivity index (χ1) is 7.99. The topological polar surface area (TPSA) is 26.0 Å². The van der Waals surface area contributed by atoms with Gasteiger partial charge in [0.15, 0.2) is 0 Å². The lowest BCUT2D eigenvalue weighted by Crippen LogP contribution is -2.01. The number of rotatable bonds is 2. The maximum atomic E-state index is 6.16. The molecule has 1 unspecified atom stereocenters. The van der Waals surface area contributed by atoms with E-state index in [1.807, 2.05) is 19.1 Å². The Balaban J connectivity index is 2.52. The number of hydrogen-bond acceptors (Lipinski definition) is 2. The van der Waals surface area contributed by atoms with E-state index in [-0.39, 0.29) is 6.04 Å². The minimum absolute atomic E-state index is 0.0126. The van der Waals surface area contributed by atoms with E-state index in [2.05, 4.69) is 0 Å².